The van der Waals surface area contributed by atoms with Crippen molar-refractivity contribution in [1.82, 2.24) is 10.1 Å². The summed E-state index contributed by atoms with van der Waals surface area (Å²) in [6, 6.07) is 0. The Hall–Kier alpha value is -0.940. The number of aromatic nitrogens is 2. The number of rotatable bonds is 5. The minimum atomic E-state index is -0.335. The summed E-state index contributed by atoms with van der Waals surface area (Å²) in [4.78, 5) is 4.25. The maximum absolute atomic E-state index is 5.86. The van der Waals surface area contributed by atoms with Gasteiger partial charge in [-0.25, -0.2) is 0 Å². The Balaban J connectivity index is 2.71. The number of hydrogen-bond acceptors (Lipinski definition) is 5. The van der Waals surface area contributed by atoms with Crippen molar-refractivity contribution in [3.63, 3.8) is 0 Å². The lowest BCUT2D eigenvalue weighted by molar-refractivity contribution is 0.0903. The van der Waals surface area contributed by atoms with Crippen molar-refractivity contribution in [2.24, 2.45) is 5.73 Å². The molecular formula is C10H19N3O2. The van der Waals surface area contributed by atoms with Gasteiger partial charge in [0.2, 0.25) is 11.7 Å². The van der Waals surface area contributed by atoms with E-state index in [2.05, 4.69) is 10.1 Å². The van der Waals surface area contributed by atoms with Crippen LogP contribution in [0.1, 0.15) is 45.0 Å². The van der Waals surface area contributed by atoms with Crippen molar-refractivity contribution >= 4 is 0 Å². The Morgan fingerprint density at radius 2 is 2.20 bits per heavy atom. The first-order valence-electron chi connectivity index (χ1n) is 5.10. The minimum absolute atomic E-state index is 0.0941. The lowest BCUT2D eigenvalue weighted by atomic mass is 10.0. The molecule has 0 spiro atoms. The molecule has 1 rings (SSSR count). The highest BCUT2D eigenvalue weighted by molar-refractivity contribution is 4.94. The molecule has 0 fully saturated rings. The summed E-state index contributed by atoms with van der Waals surface area (Å²) in [5.74, 6) is 1.16. The fraction of sp³-hybridized carbons (Fsp3) is 0.800. The quantitative estimate of drug-likeness (QED) is 0.801. The molecule has 1 aromatic heterocycles. The average molecular weight is 213 g/mol. The van der Waals surface area contributed by atoms with Crippen LogP contribution in [0.2, 0.25) is 0 Å². The second-order valence-electron chi connectivity index (χ2n) is 4.34. The molecule has 0 aliphatic heterocycles. The highest BCUT2D eigenvalue weighted by atomic mass is 16.5. The first kappa shape index (κ1) is 12.1. The zero-order valence-electron chi connectivity index (χ0n) is 9.78. The molecule has 15 heavy (non-hydrogen) atoms. The molecular weight excluding hydrogens is 194 g/mol. The molecule has 1 unspecified atom stereocenters. The average Bonchev–Trinajstić information content (AvgIpc) is 2.52. The lowest BCUT2D eigenvalue weighted by Gasteiger charge is -2.14. The van der Waals surface area contributed by atoms with E-state index in [0.717, 1.165) is 6.42 Å². The van der Waals surface area contributed by atoms with Gasteiger partial charge in [0.15, 0.2) is 0 Å². The second-order valence-corrected chi connectivity index (χ2v) is 4.34. The molecule has 1 heterocycles. The largest absolute Gasteiger partial charge is 0.373 e. The van der Waals surface area contributed by atoms with Crippen LogP contribution in [-0.2, 0) is 11.2 Å². The van der Waals surface area contributed by atoms with Gasteiger partial charge in [0.25, 0.3) is 0 Å². The lowest BCUT2D eigenvalue weighted by Crippen LogP contribution is -2.34. The number of hydrogen-bond donors (Lipinski definition) is 1. The Morgan fingerprint density at radius 1 is 1.53 bits per heavy atom. The van der Waals surface area contributed by atoms with Gasteiger partial charge in [-0.1, -0.05) is 12.1 Å². The third-order valence-corrected chi connectivity index (χ3v) is 2.03. The van der Waals surface area contributed by atoms with Gasteiger partial charge < -0.3 is 15.0 Å². The number of nitrogens with zero attached hydrogens (tertiary/aromatic N) is 2. The Bertz CT molecular complexity index is 300. The third-order valence-electron chi connectivity index (χ3n) is 2.03. The van der Waals surface area contributed by atoms with E-state index >= 15 is 0 Å². The summed E-state index contributed by atoms with van der Waals surface area (Å²) < 4.78 is 10.3. The summed E-state index contributed by atoms with van der Waals surface area (Å²) in [5, 5.41) is 3.88. The van der Waals surface area contributed by atoms with Crippen molar-refractivity contribution in [3.8, 4) is 0 Å². The van der Waals surface area contributed by atoms with Gasteiger partial charge >= 0.3 is 0 Å². The van der Waals surface area contributed by atoms with Crippen LogP contribution < -0.4 is 5.73 Å². The molecule has 1 atom stereocenters. The molecule has 0 aromatic carbocycles. The maximum atomic E-state index is 5.86. The smallest absolute Gasteiger partial charge is 0.228 e. The SMILES string of the molecule is CCC(OC)c1noc(CC(C)(C)N)n1. The Morgan fingerprint density at radius 3 is 2.67 bits per heavy atom. The first-order chi connectivity index (χ1) is 6.96. The summed E-state index contributed by atoms with van der Waals surface area (Å²) in [6.45, 7) is 5.85. The van der Waals surface area contributed by atoms with E-state index in [0.29, 0.717) is 18.1 Å². The summed E-state index contributed by atoms with van der Waals surface area (Å²) in [7, 11) is 1.64. The third kappa shape index (κ3) is 3.60. The highest BCUT2D eigenvalue weighted by Gasteiger charge is 2.20. The monoisotopic (exact) mass is 213 g/mol. The molecule has 2 N–H and O–H groups in total. The second kappa shape index (κ2) is 4.72. The van der Waals surface area contributed by atoms with Crippen LogP contribution in [0.5, 0.6) is 0 Å². The van der Waals surface area contributed by atoms with Crippen molar-refractivity contribution in [2.45, 2.75) is 45.3 Å². The predicted molar refractivity (Wildman–Crippen MR) is 56.3 cm³/mol. The minimum Gasteiger partial charge on any atom is -0.373 e. The summed E-state index contributed by atoms with van der Waals surface area (Å²) in [6.07, 6.45) is 1.30. The van der Waals surface area contributed by atoms with Crippen LogP contribution in [0.3, 0.4) is 0 Å². The number of ether oxygens (including phenoxy) is 1. The fourth-order valence-corrected chi connectivity index (χ4v) is 1.32. The summed E-state index contributed by atoms with van der Waals surface area (Å²) >= 11 is 0. The van der Waals surface area contributed by atoms with Crippen LogP contribution in [-0.4, -0.2) is 22.8 Å². The van der Waals surface area contributed by atoms with Gasteiger partial charge in [-0.3, -0.25) is 0 Å². The molecule has 0 saturated heterocycles. The van der Waals surface area contributed by atoms with E-state index < -0.39 is 0 Å². The van der Waals surface area contributed by atoms with E-state index in [1.165, 1.54) is 0 Å². The van der Waals surface area contributed by atoms with Gasteiger partial charge in [-0.05, 0) is 20.3 Å². The molecule has 0 aliphatic rings. The molecule has 0 aliphatic carbocycles. The van der Waals surface area contributed by atoms with Crippen LogP contribution in [0.25, 0.3) is 0 Å². The standard InChI is InChI=1S/C10H19N3O2/c1-5-7(14-4)9-12-8(15-13-9)6-10(2,3)11/h7H,5-6,11H2,1-4H3. The molecule has 0 radical (unpaired) electrons. The van der Waals surface area contributed by atoms with Crippen molar-refractivity contribution in [2.75, 3.05) is 7.11 Å². The van der Waals surface area contributed by atoms with E-state index in [1.54, 1.807) is 7.11 Å². The topological polar surface area (TPSA) is 74.2 Å². The van der Waals surface area contributed by atoms with Gasteiger partial charge in [0, 0.05) is 19.1 Å². The van der Waals surface area contributed by atoms with Gasteiger partial charge in [0.05, 0.1) is 0 Å². The van der Waals surface area contributed by atoms with E-state index in [4.69, 9.17) is 15.0 Å². The van der Waals surface area contributed by atoms with E-state index in [1.807, 2.05) is 20.8 Å². The van der Waals surface area contributed by atoms with Crippen LogP contribution in [0.4, 0.5) is 0 Å². The van der Waals surface area contributed by atoms with Crippen molar-refractivity contribution in [1.29, 1.82) is 0 Å². The van der Waals surface area contributed by atoms with Crippen molar-refractivity contribution < 1.29 is 9.26 Å². The maximum Gasteiger partial charge on any atom is 0.228 e. The highest BCUT2D eigenvalue weighted by Crippen LogP contribution is 2.17. The van der Waals surface area contributed by atoms with Gasteiger partial charge in [0.1, 0.15) is 6.10 Å². The molecule has 0 amide bonds. The predicted octanol–water partition coefficient (Wildman–Crippen LogP) is 1.45. The van der Waals surface area contributed by atoms with Gasteiger partial charge in [-0.15, -0.1) is 0 Å². The number of nitrogens with two attached hydrogens (primary N) is 1. The Labute approximate surface area is 90.0 Å². The van der Waals surface area contributed by atoms with Crippen LogP contribution in [0, 0.1) is 0 Å². The molecule has 0 bridgehead atoms. The molecule has 0 saturated carbocycles. The normalized spacial score (nSPS) is 14.2. The molecule has 1 aromatic rings. The van der Waals surface area contributed by atoms with Crippen LogP contribution in [0.15, 0.2) is 4.52 Å². The first-order valence-corrected chi connectivity index (χ1v) is 5.10. The van der Waals surface area contributed by atoms with Crippen molar-refractivity contribution in [3.05, 3.63) is 11.7 Å². The molecule has 86 valence electrons. The zero-order valence-corrected chi connectivity index (χ0v) is 9.78. The van der Waals surface area contributed by atoms with E-state index in [-0.39, 0.29) is 11.6 Å². The van der Waals surface area contributed by atoms with E-state index in [9.17, 15) is 0 Å². The summed E-state index contributed by atoms with van der Waals surface area (Å²) in [5.41, 5.74) is 5.52. The molecule has 5 nitrogen and oxygen atoms in total. The van der Waals surface area contributed by atoms with Gasteiger partial charge in [-0.2, -0.15) is 4.98 Å². The zero-order chi connectivity index (χ0) is 11.5. The van der Waals surface area contributed by atoms with Crippen LogP contribution >= 0.6 is 0 Å². The fourth-order valence-electron chi connectivity index (χ4n) is 1.32. The number of methoxy groups -OCH3 is 1. The Kier molecular flexibility index (Phi) is 3.82. The molecule has 5 heteroatoms.